The van der Waals surface area contributed by atoms with Crippen LogP contribution in [0.2, 0.25) is 0 Å². The maximum Gasteiger partial charge on any atom is 0.340 e. The molecule has 2 saturated heterocycles. The molecule has 1 N–H and O–H groups in total. The van der Waals surface area contributed by atoms with Crippen LogP contribution in [-0.4, -0.2) is 28.7 Å². The van der Waals surface area contributed by atoms with Crippen molar-refractivity contribution in [3.05, 3.63) is 35.8 Å². The van der Waals surface area contributed by atoms with E-state index >= 15 is 0 Å². The lowest BCUT2D eigenvalue weighted by atomic mass is 9.85. The Morgan fingerprint density at radius 3 is 2.78 bits per heavy atom. The minimum absolute atomic E-state index is 0.0390. The van der Waals surface area contributed by atoms with Crippen molar-refractivity contribution in [2.75, 3.05) is 0 Å². The van der Waals surface area contributed by atoms with Gasteiger partial charge in [0.1, 0.15) is 11.9 Å². The average molecular weight is 316 g/mol. The van der Waals surface area contributed by atoms with Crippen LogP contribution >= 0.6 is 0 Å². The van der Waals surface area contributed by atoms with Gasteiger partial charge >= 0.3 is 5.97 Å². The van der Waals surface area contributed by atoms with Crippen molar-refractivity contribution < 1.29 is 13.9 Å². The number of aryl methyl sites for hydroxylation is 1. The number of esters is 1. The largest absolute Gasteiger partial charge is 0.459 e. The van der Waals surface area contributed by atoms with Crippen LogP contribution in [0.25, 0.3) is 10.9 Å². The number of carbonyl (C=O) groups excluding carboxylic acids is 1. The van der Waals surface area contributed by atoms with Gasteiger partial charge in [-0.2, -0.15) is 0 Å². The number of piperidine rings is 2. The summed E-state index contributed by atoms with van der Waals surface area (Å²) in [5.41, 5.74) is 1.28. The van der Waals surface area contributed by atoms with Crippen molar-refractivity contribution >= 4 is 16.9 Å². The second-order valence-corrected chi connectivity index (χ2v) is 6.81. The monoisotopic (exact) mass is 316 g/mol. The summed E-state index contributed by atoms with van der Waals surface area (Å²) in [6.07, 6.45) is 7.01. The summed E-state index contributed by atoms with van der Waals surface area (Å²) in [5.74, 6) is -0.680. The van der Waals surface area contributed by atoms with Crippen LogP contribution in [0.5, 0.6) is 0 Å². The van der Waals surface area contributed by atoms with Gasteiger partial charge < -0.3 is 14.6 Å². The Morgan fingerprint density at radius 1 is 1.30 bits per heavy atom. The van der Waals surface area contributed by atoms with Crippen LogP contribution in [0.15, 0.2) is 24.4 Å². The van der Waals surface area contributed by atoms with Crippen LogP contribution < -0.4 is 5.32 Å². The lowest BCUT2D eigenvalue weighted by Crippen LogP contribution is -2.51. The first-order valence-corrected chi connectivity index (χ1v) is 8.32. The second-order valence-electron chi connectivity index (χ2n) is 6.81. The topological polar surface area (TPSA) is 43.3 Å². The molecular weight excluding hydrogens is 295 g/mol. The zero-order valence-corrected chi connectivity index (χ0v) is 13.2. The quantitative estimate of drug-likeness (QED) is 0.866. The summed E-state index contributed by atoms with van der Waals surface area (Å²) in [6, 6.07) is 5.43. The van der Waals surface area contributed by atoms with Gasteiger partial charge in [0, 0.05) is 36.2 Å². The van der Waals surface area contributed by atoms with Gasteiger partial charge in [-0.15, -0.1) is 0 Å². The van der Waals surface area contributed by atoms with Gasteiger partial charge in [-0.1, -0.05) is 6.42 Å². The number of aromatic nitrogens is 1. The molecule has 0 amide bonds. The van der Waals surface area contributed by atoms with Crippen LogP contribution in [0.3, 0.4) is 0 Å². The normalized spacial score (nSPS) is 27.1. The highest BCUT2D eigenvalue weighted by atomic mass is 19.1. The number of benzene rings is 1. The molecule has 5 heteroatoms. The van der Waals surface area contributed by atoms with Crippen molar-refractivity contribution in [2.24, 2.45) is 7.05 Å². The number of halogens is 1. The number of fused-ring (bicyclic) bond motifs is 3. The third-order valence-electron chi connectivity index (χ3n) is 5.12. The zero-order valence-electron chi connectivity index (χ0n) is 13.2. The Balaban J connectivity index is 1.56. The standard InChI is InChI=1S/C18H21FN2O2/c1-21-10-16(15-7-11(19)5-6-17(15)21)18(22)23-14-8-12-3-2-4-13(9-14)20-12/h5-7,10,12-14,20H,2-4,8-9H2,1H3. The third-order valence-corrected chi connectivity index (χ3v) is 5.12. The van der Waals surface area contributed by atoms with E-state index in [1.165, 1.54) is 18.6 Å². The Kier molecular flexibility index (Phi) is 3.60. The van der Waals surface area contributed by atoms with E-state index in [4.69, 9.17) is 4.74 Å². The maximum atomic E-state index is 13.5. The number of nitrogens with zero attached hydrogens (tertiary/aromatic N) is 1. The van der Waals surface area contributed by atoms with Crippen molar-refractivity contribution in [2.45, 2.75) is 50.3 Å². The molecule has 2 aliphatic heterocycles. The van der Waals surface area contributed by atoms with Gasteiger partial charge in [-0.3, -0.25) is 0 Å². The molecule has 2 unspecified atom stereocenters. The van der Waals surface area contributed by atoms with E-state index in [2.05, 4.69) is 5.32 Å². The first-order chi connectivity index (χ1) is 11.1. The van der Waals surface area contributed by atoms with Gasteiger partial charge in [-0.25, -0.2) is 9.18 Å². The minimum Gasteiger partial charge on any atom is -0.459 e. The molecule has 23 heavy (non-hydrogen) atoms. The Morgan fingerprint density at radius 2 is 2.04 bits per heavy atom. The molecular formula is C18H21FN2O2. The van der Waals surface area contributed by atoms with E-state index < -0.39 is 0 Å². The first kappa shape index (κ1) is 14.7. The fourth-order valence-electron chi connectivity index (χ4n) is 4.05. The van der Waals surface area contributed by atoms with Gasteiger partial charge in [0.05, 0.1) is 5.56 Å². The Bertz CT molecular complexity index is 743. The van der Waals surface area contributed by atoms with Crippen LogP contribution in [0.4, 0.5) is 4.39 Å². The molecule has 0 spiro atoms. The number of ether oxygens (including phenoxy) is 1. The van der Waals surface area contributed by atoms with Gasteiger partial charge in [0.15, 0.2) is 0 Å². The summed E-state index contributed by atoms with van der Waals surface area (Å²) in [6.45, 7) is 0. The molecule has 3 heterocycles. The summed E-state index contributed by atoms with van der Waals surface area (Å²) in [7, 11) is 1.85. The van der Waals surface area contributed by atoms with Crippen molar-refractivity contribution in [1.82, 2.24) is 9.88 Å². The van der Waals surface area contributed by atoms with E-state index in [-0.39, 0.29) is 17.9 Å². The minimum atomic E-state index is -0.342. The molecule has 122 valence electrons. The van der Waals surface area contributed by atoms with Gasteiger partial charge in [0.25, 0.3) is 0 Å². The highest BCUT2D eigenvalue weighted by Crippen LogP contribution is 2.29. The fourth-order valence-corrected chi connectivity index (χ4v) is 4.05. The van der Waals surface area contributed by atoms with E-state index in [1.807, 2.05) is 11.6 Å². The summed E-state index contributed by atoms with van der Waals surface area (Å²) >= 11 is 0. The lowest BCUT2D eigenvalue weighted by Gasteiger charge is -2.39. The Labute approximate surface area is 134 Å². The molecule has 0 radical (unpaired) electrons. The van der Waals surface area contributed by atoms with E-state index in [9.17, 15) is 9.18 Å². The number of nitrogens with one attached hydrogen (secondary N) is 1. The van der Waals surface area contributed by atoms with E-state index in [0.29, 0.717) is 23.0 Å². The molecule has 1 aromatic heterocycles. The van der Waals surface area contributed by atoms with Crippen molar-refractivity contribution in [3.8, 4) is 0 Å². The van der Waals surface area contributed by atoms with E-state index in [1.54, 1.807) is 12.3 Å². The van der Waals surface area contributed by atoms with E-state index in [0.717, 1.165) is 31.2 Å². The molecule has 2 bridgehead atoms. The smallest absolute Gasteiger partial charge is 0.340 e. The molecule has 2 aromatic rings. The number of carbonyl (C=O) groups is 1. The van der Waals surface area contributed by atoms with Crippen LogP contribution in [0.1, 0.15) is 42.5 Å². The van der Waals surface area contributed by atoms with Gasteiger partial charge in [-0.05, 0) is 43.9 Å². The number of hydrogen-bond donors (Lipinski definition) is 1. The third kappa shape index (κ3) is 2.74. The molecule has 0 saturated carbocycles. The molecule has 4 rings (SSSR count). The highest BCUT2D eigenvalue weighted by Gasteiger charge is 2.33. The number of hydrogen-bond acceptors (Lipinski definition) is 3. The van der Waals surface area contributed by atoms with Crippen LogP contribution in [0, 0.1) is 5.82 Å². The van der Waals surface area contributed by atoms with Gasteiger partial charge in [0.2, 0.25) is 0 Å². The second kappa shape index (κ2) is 5.64. The lowest BCUT2D eigenvalue weighted by molar-refractivity contribution is 0.00763. The van der Waals surface area contributed by atoms with Crippen molar-refractivity contribution in [1.29, 1.82) is 0 Å². The molecule has 2 fully saturated rings. The maximum absolute atomic E-state index is 13.5. The molecule has 2 aliphatic rings. The average Bonchev–Trinajstić information content (AvgIpc) is 2.83. The predicted molar refractivity (Wildman–Crippen MR) is 85.9 cm³/mol. The molecule has 1 aromatic carbocycles. The van der Waals surface area contributed by atoms with Crippen LogP contribution in [-0.2, 0) is 11.8 Å². The highest BCUT2D eigenvalue weighted by molar-refractivity contribution is 6.04. The SMILES string of the molecule is Cn1cc(C(=O)OC2CC3CCCC(C2)N3)c2cc(F)ccc21. The summed E-state index contributed by atoms with van der Waals surface area (Å²) in [4.78, 5) is 12.6. The number of rotatable bonds is 2. The Hall–Kier alpha value is -1.88. The first-order valence-electron chi connectivity index (χ1n) is 8.32. The summed E-state index contributed by atoms with van der Waals surface area (Å²) in [5, 5.41) is 4.21. The molecule has 0 aliphatic carbocycles. The zero-order chi connectivity index (χ0) is 16.0. The predicted octanol–water partition coefficient (Wildman–Crippen LogP) is 3.15. The molecule has 4 nitrogen and oxygen atoms in total. The van der Waals surface area contributed by atoms with Crippen molar-refractivity contribution in [3.63, 3.8) is 0 Å². The molecule has 2 atom stereocenters. The summed E-state index contributed by atoms with van der Waals surface area (Å²) < 4.78 is 21.1. The fraction of sp³-hybridized carbons (Fsp3) is 0.500.